The van der Waals surface area contributed by atoms with Crippen molar-refractivity contribution in [3.05, 3.63) is 36.0 Å². The van der Waals surface area contributed by atoms with Crippen molar-refractivity contribution in [3.63, 3.8) is 0 Å². The smallest absolute Gasteiger partial charge is 0.326 e. The molecule has 0 aliphatic heterocycles. The molecule has 0 aliphatic carbocycles. The van der Waals surface area contributed by atoms with E-state index in [4.69, 9.17) is 51.0 Å². The van der Waals surface area contributed by atoms with Crippen LogP contribution < -0.4 is 120 Å². The van der Waals surface area contributed by atoms with Gasteiger partial charge in [-0.15, -0.1) is 0 Å². The predicted octanol–water partition coefficient (Wildman–Crippen LogP) is -7.91. The molecule has 652 valence electrons. The van der Waals surface area contributed by atoms with Crippen LogP contribution in [0.1, 0.15) is 143 Å². The number of carbonyl (C=O) groups excluding carboxylic acids is 16. The first kappa shape index (κ1) is 101. The largest absolute Gasteiger partial charge is 0.481 e. The summed E-state index contributed by atoms with van der Waals surface area (Å²) in [6, 6.07) is -11.6. The zero-order valence-electron chi connectivity index (χ0n) is 66.4. The molecule has 2 rings (SSSR count). The van der Waals surface area contributed by atoms with Gasteiger partial charge in [0.05, 0.1) is 13.1 Å². The number of hydrogen-bond donors (Lipinski definition) is 27. The number of benzene rings is 1. The van der Waals surface area contributed by atoms with Crippen LogP contribution in [-0.2, 0) is 92.7 Å². The number of aromatic nitrogens is 1. The Morgan fingerprint density at radius 3 is 1.27 bits per heavy atom. The van der Waals surface area contributed by atoms with Crippen LogP contribution in [0, 0.1) is 22.7 Å². The average molecular weight is 1670 g/mol. The molecule has 0 spiro atoms. The third kappa shape index (κ3) is 39.3. The normalized spacial score (nSPS) is 14.1. The molecule has 0 fully saturated rings. The highest BCUT2D eigenvalue weighted by Gasteiger charge is 2.38. The second-order valence-corrected chi connectivity index (χ2v) is 29.1. The van der Waals surface area contributed by atoms with Crippen LogP contribution in [0.25, 0.3) is 10.9 Å². The van der Waals surface area contributed by atoms with Gasteiger partial charge in [0.1, 0.15) is 72.5 Å². The molecule has 0 saturated carbocycles. The molecule has 0 unspecified atom stereocenters. The van der Waals surface area contributed by atoms with E-state index in [1.165, 1.54) is 11.8 Å². The minimum atomic E-state index is -1.73. The van der Waals surface area contributed by atoms with Crippen LogP contribution >= 0.6 is 11.8 Å². The molecular formula is C71H117N25O20S. The SMILES string of the molecule is CSCC[C@H](NC(=O)[C@@H](NC(=O)CNC(=O)[C@H](CCC(=O)O)NC(=O)[C@H](C)NC(=O)[C@H](CCC(N)=O)NC(=O)[C@H](CCCCN)NC(=O)[C@H](Cc1c[nH]c2ccccc12)NC(=O)[C@H](CCC(N)=O)NC(=O)[C@H](CCCNC(=N)N)NC(=O)[C@H](CCC(N)=O)NC(=O)CN)C(C)C)C(=O)N[C@H](C(=O)N[C@@H](CCCNC(=N)N)C(=O)O)C(C)C. The maximum Gasteiger partial charge on any atom is 0.326 e. The number of amides is 16. The van der Waals surface area contributed by atoms with Crippen molar-refractivity contribution >= 4 is 141 Å². The number of fused-ring (bicyclic) bond motifs is 1. The van der Waals surface area contributed by atoms with Gasteiger partial charge in [-0.3, -0.25) is 92.3 Å². The number of aromatic amines is 1. The van der Waals surface area contributed by atoms with Crippen LogP contribution in [0.3, 0.4) is 0 Å². The van der Waals surface area contributed by atoms with Gasteiger partial charge in [0, 0.05) is 62.3 Å². The molecule has 2 aromatic rings. The van der Waals surface area contributed by atoms with Gasteiger partial charge >= 0.3 is 11.9 Å². The Bertz CT molecular complexity index is 3790. The summed E-state index contributed by atoms with van der Waals surface area (Å²) in [5.41, 5.74) is 39.4. The Morgan fingerprint density at radius 2 is 0.812 bits per heavy atom. The van der Waals surface area contributed by atoms with Crippen molar-refractivity contribution in [2.75, 3.05) is 44.7 Å². The molecular weight excluding hydrogens is 1560 g/mol. The molecule has 34 N–H and O–H groups in total. The van der Waals surface area contributed by atoms with Crippen molar-refractivity contribution in [2.24, 2.45) is 52.0 Å². The number of nitrogens with one attached hydrogen (secondary N) is 18. The fourth-order valence-corrected chi connectivity index (χ4v) is 11.9. The van der Waals surface area contributed by atoms with E-state index in [9.17, 15) is 96.5 Å². The van der Waals surface area contributed by atoms with E-state index in [2.05, 4.69) is 84.7 Å². The lowest BCUT2D eigenvalue weighted by Gasteiger charge is -2.28. The quantitative estimate of drug-likeness (QED) is 0.0166. The second-order valence-electron chi connectivity index (χ2n) is 28.2. The molecule has 0 radical (unpaired) electrons. The summed E-state index contributed by atoms with van der Waals surface area (Å²) in [6.07, 6.45) is -1.02. The summed E-state index contributed by atoms with van der Waals surface area (Å²) < 4.78 is 0. The van der Waals surface area contributed by atoms with Crippen molar-refractivity contribution < 1.29 is 96.5 Å². The van der Waals surface area contributed by atoms with Gasteiger partial charge in [-0.25, -0.2) is 4.79 Å². The van der Waals surface area contributed by atoms with Crippen LogP contribution in [-0.4, -0.2) is 251 Å². The lowest BCUT2D eigenvalue weighted by atomic mass is 10.0. The van der Waals surface area contributed by atoms with Crippen LogP contribution in [0.15, 0.2) is 30.5 Å². The third-order valence-electron chi connectivity index (χ3n) is 17.9. The monoisotopic (exact) mass is 1670 g/mol. The number of carboxylic acids is 2. The Kier molecular flexibility index (Phi) is 46.0. The fraction of sp³-hybridized carbons (Fsp3) is 0.606. The first-order chi connectivity index (χ1) is 55.1. The Hall–Kier alpha value is -12.0. The summed E-state index contributed by atoms with van der Waals surface area (Å²) in [5.74, 6) is -20.1. The summed E-state index contributed by atoms with van der Waals surface area (Å²) in [4.78, 5) is 245. The number of rotatable bonds is 58. The minimum absolute atomic E-state index is 0.00627. The van der Waals surface area contributed by atoms with E-state index in [-0.39, 0.29) is 89.8 Å². The van der Waals surface area contributed by atoms with Gasteiger partial charge in [-0.05, 0) is 126 Å². The van der Waals surface area contributed by atoms with Gasteiger partial charge in [0.2, 0.25) is 94.5 Å². The Morgan fingerprint density at radius 1 is 0.419 bits per heavy atom. The molecule has 12 atom stereocenters. The summed E-state index contributed by atoms with van der Waals surface area (Å²) in [6.45, 7) is 6.23. The average Bonchev–Trinajstić information content (AvgIpc) is 1.73. The highest BCUT2D eigenvalue weighted by molar-refractivity contribution is 7.98. The molecule has 1 aromatic carbocycles. The number of carboxylic acid groups (broad SMARTS) is 2. The van der Waals surface area contributed by atoms with E-state index >= 15 is 0 Å². The molecule has 16 amide bonds. The number of unbranched alkanes of at least 4 members (excludes halogenated alkanes) is 1. The third-order valence-corrected chi connectivity index (χ3v) is 18.5. The predicted molar refractivity (Wildman–Crippen MR) is 427 cm³/mol. The van der Waals surface area contributed by atoms with E-state index < -0.39 is 255 Å². The minimum Gasteiger partial charge on any atom is -0.481 e. The Balaban J connectivity index is 2.49. The summed E-state index contributed by atoms with van der Waals surface area (Å²) in [5, 5.41) is 72.0. The van der Waals surface area contributed by atoms with Crippen molar-refractivity contribution in [2.45, 2.75) is 216 Å². The number of H-pyrrole nitrogens is 1. The fourth-order valence-electron chi connectivity index (χ4n) is 11.4. The number of carbonyl (C=O) groups is 18. The van der Waals surface area contributed by atoms with Gasteiger partial charge in [0.25, 0.3) is 0 Å². The van der Waals surface area contributed by atoms with Gasteiger partial charge in [-0.1, -0.05) is 45.9 Å². The number of primary amides is 3. The number of guanidine groups is 2. The Labute approximate surface area is 679 Å². The number of nitrogens with two attached hydrogens (primary N) is 7. The summed E-state index contributed by atoms with van der Waals surface area (Å²) in [7, 11) is 0. The standard InChI is InChI=1S/C71H117N25O20S/c1-35(2)56(67(113)92-47(26-30-117-6)65(111)96-57(36(3)4)68(114)93-48(69(115)116)17-12-29-82-71(79)80)95-54(101)34-84-59(105)43(21-25-55(102)103)87-58(104)37(5)85-60(106)45(19-23-51(75)98)90-61(107)41(15-9-10-27-72)89-66(112)49(31-38-33-83-40-14-8-7-13-39(38)40)94-64(110)46(20-24-52(76)99)91-62(108)42(16-11-28-81-70(77)78)88-63(109)44(18-22-50(74)97)86-53(100)32-73/h7-8,13-14,33,35-37,41-49,56-57,83H,9-12,15-32,34,72-73H2,1-6H3,(H2,74,97)(H2,75,98)(H2,76,99)(H,84,105)(H,85,106)(H,86,100)(H,87,104)(H,88,109)(H,89,112)(H,90,107)(H,91,108)(H,92,113)(H,93,114)(H,94,110)(H,95,101)(H,96,111)(H,102,103)(H,115,116)(H4,77,78,81)(H4,79,80,82)/t37-,41-,42-,43-,44-,45-,46-,47-,48-,49-,56-,57-/m0/s1. The number of aliphatic carboxylic acids is 2. The number of hydrogen-bond acceptors (Lipinski definition) is 23. The number of para-hydroxylation sites is 1. The summed E-state index contributed by atoms with van der Waals surface area (Å²) >= 11 is 1.32. The van der Waals surface area contributed by atoms with Crippen molar-refractivity contribution in [1.29, 1.82) is 10.8 Å². The van der Waals surface area contributed by atoms with Gasteiger partial charge in [-0.2, -0.15) is 11.8 Å². The van der Waals surface area contributed by atoms with Gasteiger partial charge < -0.3 is 135 Å². The maximum absolute atomic E-state index is 15.0. The zero-order chi connectivity index (χ0) is 88.2. The lowest BCUT2D eigenvalue weighted by molar-refractivity contribution is -0.143. The molecule has 1 heterocycles. The van der Waals surface area contributed by atoms with Crippen LogP contribution in [0.5, 0.6) is 0 Å². The van der Waals surface area contributed by atoms with Crippen molar-refractivity contribution in [3.8, 4) is 0 Å². The first-order valence-corrected chi connectivity index (χ1v) is 39.3. The molecule has 1 aromatic heterocycles. The van der Waals surface area contributed by atoms with E-state index in [0.29, 0.717) is 22.2 Å². The molecule has 0 saturated heterocycles. The maximum atomic E-state index is 15.0. The lowest BCUT2D eigenvalue weighted by Crippen LogP contribution is -2.60. The van der Waals surface area contributed by atoms with E-state index in [1.54, 1.807) is 64.4 Å². The van der Waals surface area contributed by atoms with Crippen LogP contribution in [0.2, 0.25) is 0 Å². The highest BCUT2D eigenvalue weighted by Crippen LogP contribution is 2.21. The second kappa shape index (κ2) is 53.2. The van der Waals surface area contributed by atoms with E-state index in [1.807, 2.05) is 0 Å². The number of thioether (sulfide) groups is 1. The van der Waals surface area contributed by atoms with Crippen molar-refractivity contribution in [1.82, 2.24) is 84.7 Å². The topological polar surface area (TPSA) is 774 Å². The highest BCUT2D eigenvalue weighted by atomic mass is 32.2. The zero-order valence-corrected chi connectivity index (χ0v) is 67.2. The molecule has 0 aliphatic rings. The molecule has 0 bridgehead atoms. The van der Waals surface area contributed by atoms with E-state index in [0.717, 1.165) is 6.92 Å². The first-order valence-electron chi connectivity index (χ1n) is 37.9. The molecule has 46 heteroatoms. The van der Waals surface area contributed by atoms with Gasteiger partial charge in [0.15, 0.2) is 11.9 Å². The molecule has 45 nitrogen and oxygen atoms in total. The van der Waals surface area contributed by atoms with Crippen LogP contribution in [0.4, 0.5) is 0 Å². The molecule has 117 heavy (non-hydrogen) atoms.